The van der Waals surface area contributed by atoms with E-state index in [1.54, 1.807) is 0 Å². The van der Waals surface area contributed by atoms with Crippen LogP contribution in [0.1, 0.15) is 97.8 Å². The van der Waals surface area contributed by atoms with E-state index in [9.17, 15) is 14.7 Å². The van der Waals surface area contributed by atoms with E-state index in [1.165, 1.54) is 38.5 Å². The summed E-state index contributed by atoms with van der Waals surface area (Å²) in [5, 5.41) is 13.0. The van der Waals surface area contributed by atoms with E-state index in [2.05, 4.69) is 5.32 Å². The van der Waals surface area contributed by atoms with Gasteiger partial charge >= 0.3 is 12.1 Å². The molecule has 0 heterocycles. The molecule has 0 atom stereocenters. The Morgan fingerprint density at radius 3 is 1.70 bits per heavy atom. The van der Waals surface area contributed by atoms with Gasteiger partial charge in [-0.1, -0.05) is 64.2 Å². The van der Waals surface area contributed by atoms with E-state index in [0.29, 0.717) is 24.7 Å². The van der Waals surface area contributed by atoms with Crippen LogP contribution >= 0.6 is 0 Å². The molecule has 156 valence electrons. The average molecular weight is 382 g/mol. The maximum Gasteiger partial charge on any atom is 0.407 e. The minimum Gasteiger partial charge on any atom is -0.481 e. The summed E-state index contributed by atoms with van der Waals surface area (Å²) < 4.78 is 5.35. The lowest BCUT2D eigenvalue weighted by Gasteiger charge is -2.38. The van der Waals surface area contributed by atoms with Crippen molar-refractivity contribution in [2.75, 3.05) is 6.54 Å². The second-order valence-electron chi connectivity index (χ2n) is 9.86. The first-order valence-corrected chi connectivity index (χ1v) is 10.9. The molecule has 2 aliphatic rings. The van der Waals surface area contributed by atoms with Gasteiger partial charge in [-0.05, 0) is 45.4 Å². The van der Waals surface area contributed by atoms with Crippen molar-refractivity contribution in [1.82, 2.24) is 5.32 Å². The molecule has 0 aromatic heterocycles. The summed E-state index contributed by atoms with van der Waals surface area (Å²) >= 11 is 0. The largest absolute Gasteiger partial charge is 0.481 e. The number of carbonyl (C=O) groups is 2. The van der Waals surface area contributed by atoms with Gasteiger partial charge < -0.3 is 15.2 Å². The fourth-order valence-electron chi connectivity index (χ4n) is 4.92. The highest BCUT2D eigenvalue weighted by molar-refractivity contribution is 5.76. The summed E-state index contributed by atoms with van der Waals surface area (Å²) in [5.74, 6) is 0.160. The molecule has 2 aliphatic carbocycles. The molecule has 2 saturated carbocycles. The molecule has 0 aliphatic heterocycles. The number of rotatable bonds is 7. The van der Waals surface area contributed by atoms with Crippen molar-refractivity contribution in [3.05, 3.63) is 0 Å². The van der Waals surface area contributed by atoms with Crippen LogP contribution in [0.4, 0.5) is 4.79 Å². The van der Waals surface area contributed by atoms with Crippen molar-refractivity contribution in [2.45, 2.75) is 103 Å². The van der Waals surface area contributed by atoms with E-state index in [1.807, 2.05) is 20.8 Å². The number of carbonyl (C=O) groups excluding carboxylic acids is 1. The summed E-state index contributed by atoms with van der Waals surface area (Å²) in [4.78, 5) is 24.7. The molecule has 0 aromatic carbocycles. The van der Waals surface area contributed by atoms with Gasteiger partial charge in [0.2, 0.25) is 0 Å². The predicted octanol–water partition coefficient (Wildman–Crippen LogP) is 5.52. The van der Waals surface area contributed by atoms with Crippen LogP contribution in [0.25, 0.3) is 0 Å². The van der Waals surface area contributed by atoms with Gasteiger partial charge in [0.05, 0.1) is 5.41 Å². The molecular formula is C22H39NO4. The third-order valence-electron chi connectivity index (χ3n) is 6.23. The molecule has 0 radical (unpaired) electrons. The lowest BCUT2D eigenvalue weighted by molar-refractivity contribution is -0.151. The summed E-state index contributed by atoms with van der Waals surface area (Å²) in [7, 11) is 0. The lowest BCUT2D eigenvalue weighted by atomic mass is 9.68. The molecule has 0 saturated heterocycles. The van der Waals surface area contributed by atoms with Gasteiger partial charge in [0.1, 0.15) is 5.60 Å². The van der Waals surface area contributed by atoms with E-state index in [4.69, 9.17) is 4.74 Å². The fourth-order valence-corrected chi connectivity index (χ4v) is 4.92. The minimum absolute atomic E-state index is 0.171. The summed E-state index contributed by atoms with van der Waals surface area (Å²) in [6.07, 6.45) is 12.6. The van der Waals surface area contributed by atoms with E-state index in [0.717, 1.165) is 25.7 Å². The number of hydrogen-bond donors (Lipinski definition) is 2. The van der Waals surface area contributed by atoms with Gasteiger partial charge in [0, 0.05) is 6.54 Å². The zero-order chi connectivity index (χ0) is 19.9. The van der Waals surface area contributed by atoms with Gasteiger partial charge in [0.15, 0.2) is 0 Å². The number of nitrogens with one attached hydrogen (secondary N) is 1. The number of hydrogen-bond acceptors (Lipinski definition) is 3. The number of amides is 1. The minimum atomic E-state index is -0.874. The molecular weight excluding hydrogens is 342 g/mol. The highest BCUT2D eigenvalue weighted by atomic mass is 16.6. The average Bonchev–Trinajstić information content (AvgIpc) is 2.60. The maximum absolute atomic E-state index is 12.5. The third kappa shape index (κ3) is 7.34. The Morgan fingerprint density at radius 1 is 0.889 bits per heavy atom. The molecule has 0 aromatic rings. The first-order chi connectivity index (χ1) is 12.7. The number of aliphatic carboxylic acids is 1. The van der Waals surface area contributed by atoms with Crippen LogP contribution in [0.15, 0.2) is 0 Å². The molecule has 2 rings (SSSR count). The van der Waals surface area contributed by atoms with Crippen molar-refractivity contribution < 1.29 is 19.4 Å². The Balaban J connectivity index is 2.10. The van der Waals surface area contributed by atoms with Crippen LogP contribution in [-0.4, -0.2) is 29.3 Å². The summed E-state index contributed by atoms with van der Waals surface area (Å²) in [6, 6.07) is 0. The molecule has 27 heavy (non-hydrogen) atoms. The van der Waals surface area contributed by atoms with Crippen LogP contribution in [0.3, 0.4) is 0 Å². The summed E-state index contributed by atoms with van der Waals surface area (Å²) in [6.45, 7) is 5.63. The SMILES string of the molecule is CC(C)(C)OC(=O)NCC(CC1CCCCC1)(CC1CCCCC1)C(=O)O. The Bertz CT molecular complexity index is 465. The summed E-state index contributed by atoms with van der Waals surface area (Å²) in [5.41, 5.74) is -1.45. The molecule has 0 unspecified atom stereocenters. The lowest BCUT2D eigenvalue weighted by Crippen LogP contribution is -2.47. The van der Waals surface area contributed by atoms with Gasteiger partial charge in [-0.3, -0.25) is 4.79 Å². The second kappa shape index (κ2) is 9.79. The van der Waals surface area contributed by atoms with Crippen LogP contribution in [0.2, 0.25) is 0 Å². The fraction of sp³-hybridized carbons (Fsp3) is 0.909. The molecule has 2 N–H and O–H groups in total. The van der Waals surface area contributed by atoms with Gasteiger partial charge in [-0.25, -0.2) is 4.79 Å². The molecule has 0 bridgehead atoms. The zero-order valence-electron chi connectivity index (χ0n) is 17.5. The third-order valence-corrected chi connectivity index (χ3v) is 6.23. The monoisotopic (exact) mass is 381 g/mol. The Kier molecular flexibility index (Phi) is 7.99. The predicted molar refractivity (Wildman–Crippen MR) is 107 cm³/mol. The molecule has 0 spiro atoms. The van der Waals surface area contributed by atoms with E-state index in [-0.39, 0.29) is 6.54 Å². The van der Waals surface area contributed by atoms with Crippen molar-refractivity contribution >= 4 is 12.1 Å². The number of carboxylic acid groups (broad SMARTS) is 1. The molecule has 2 fully saturated rings. The Labute approximate surface area is 164 Å². The van der Waals surface area contributed by atoms with Gasteiger partial charge in [-0.15, -0.1) is 0 Å². The zero-order valence-corrected chi connectivity index (χ0v) is 17.5. The Hall–Kier alpha value is -1.26. The van der Waals surface area contributed by atoms with Gasteiger partial charge in [0.25, 0.3) is 0 Å². The number of carboxylic acids is 1. The molecule has 5 nitrogen and oxygen atoms in total. The smallest absolute Gasteiger partial charge is 0.407 e. The van der Waals surface area contributed by atoms with Crippen LogP contribution in [0.5, 0.6) is 0 Å². The number of ether oxygens (including phenoxy) is 1. The van der Waals surface area contributed by atoms with Crippen LogP contribution < -0.4 is 5.32 Å². The van der Waals surface area contributed by atoms with E-state index < -0.39 is 23.1 Å². The maximum atomic E-state index is 12.5. The highest BCUT2D eigenvalue weighted by Gasteiger charge is 2.43. The second-order valence-corrected chi connectivity index (χ2v) is 9.86. The standard InChI is InChI=1S/C22H39NO4/c1-21(2,3)27-20(26)23-16-22(19(24)25,14-17-10-6-4-7-11-17)15-18-12-8-5-9-13-18/h17-18H,4-16H2,1-3H3,(H,23,26)(H,24,25). The van der Waals surface area contributed by atoms with Crippen LogP contribution in [-0.2, 0) is 9.53 Å². The Morgan fingerprint density at radius 2 is 1.33 bits per heavy atom. The quantitative estimate of drug-likeness (QED) is 0.608. The number of alkyl carbamates (subject to hydrolysis) is 1. The highest BCUT2D eigenvalue weighted by Crippen LogP contribution is 2.42. The first-order valence-electron chi connectivity index (χ1n) is 10.9. The normalized spacial score (nSPS) is 20.3. The van der Waals surface area contributed by atoms with Crippen molar-refractivity contribution in [3.8, 4) is 0 Å². The van der Waals surface area contributed by atoms with Crippen molar-refractivity contribution in [2.24, 2.45) is 17.3 Å². The van der Waals surface area contributed by atoms with Crippen molar-refractivity contribution in [1.29, 1.82) is 0 Å². The van der Waals surface area contributed by atoms with Gasteiger partial charge in [-0.2, -0.15) is 0 Å². The van der Waals surface area contributed by atoms with E-state index >= 15 is 0 Å². The molecule has 5 heteroatoms. The first kappa shape index (κ1) is 22.0. The van der Waals surface area contributed by atoms with Crippen LogP contribution in [0, 0.1) is 17.3 Å². The topological polar surface area (TPSA) is 75.6 Å². The van der Waals surface area contributed by atoms with Crippen molar-refractivity contribution in [3.63, 3.8) is 0 Å². The molecule has 1 amide bonds.